The summed E-state index contributed by atoms with van der Waals surface area (Å²) in [4.78, 5) is 0. The maximum atomic E-state index is 6.41. The molecule has 2 nitrogen and oxygen atoms in total. The van der Waals surface area contributed by atoms with Gasteiger partial charge in [0.1, 0.15) is 0 Å². The topological polar surface area (TPSA) is 15.6 Å². The van der Waals surface area contributed by atoms with E-state index < -0.39 is 0 Å². The summed E-state index contributed by atoms with van der Waals surface area (Å²) in [6.45, 7) is 3.79. The standard InChI is InChI=1S/C23H19ClN2/c1-25-26(19-9-3-2-4-10-19)23-13-7-8-17-14-15-18(16-21(17)23)20-11-5-6-12-22(20)24/h2-6,9-16H,1,7-8H2. The molecule has 3 aromatic rings. The second kappa shape index (κ2) is 7.19. The molecule has 0 heterocycles. The summed E-state index contributed by atoms with van der Waals surface area (Å²) in [5.41, 5.74) is 6.73. The smallest absolute Gasteiger partial charge is 0.0687 e. The van der Waals surface area contributed by atoms with Crippen molar-refractivity contribution < 1.29 is 0 Å². The van der Waals surface area contributed by atoms with Crippen LogP contribution < -0.4 is 5.01 Å². The first-order valence-electron chi connectivity index (χ1n) is 8.68. The maximum absolute atomic E-state index is 6.41. The molecule has 0 aliphatic heterocycles. The summed E-state index contributed by atoms with van der Waals surface area (Å²) in [6.07, 6.45) is 4.26. The van der Waals surface area contributed by atoms with Gasteiger partial charge in [0, 0.05) is 22.9 Å². The molecule has 0 N–H and O–H groups in total. The zero-order valence-electron chi connectivity index (χ0n) is 14.4. The predicted octanol–water partition coefficient (Wildman–Crippen LogP) is 6.42. The van der Waals surface area contributed by atoms with Crippen LogP contribution in [0, 0.1) is 0 Å². The van der Waals surface area contributed by atoms with E-state index in [-0.39, 0.29) is 0 Å². The van der Waals surface area contributed by atoms with E-state index in [1.807, 2.05) is 53.5 Å². The lowest BCUT2D eigenvalue weighted by molar-refractivity contribution is 0.953. The molecule has 0 fully saturated rings. The van der Waals surface area contributed by atoms with E-state index in [4.69, 9.17) is 11.6 Å². The van der Waals surface area contributed by atoms with Crippen molar-refractivity contribution in [2.45, 2.75) is 12.8 Å². The molecule has 128 valence electrons. The minimum atomic E-state index is 0.760. The van der Waals surface area contributed by atoms with Crippen molar-refractivity contribution in [1.82, 2.24) is 0 Å². The minimum absolute atomic E-state index is 0.760. The molecule has 0 amide bonds. The Bertz CT molecular complexity index is 977. The molecule has 3 heteroatoms. The molecule has 4 rings (SSSR count). The Labute approximate surface area is 159 Å². The van der Waals surface area contributed by atoms with Gasteiger partial charge in [-0.2, -0.15) is 5.10 Å². The predicted molar refractivity (Wildman–Crippen MR) is 112 cm³/mol. The minimum Gasteiger partial charge on any atom is -0.234 e. The molecule has 0 spiro atoms. The first-order valence-corrected chi connectivity index (χ1v) is 9.06. The van der Waals surface area contributed by atoms with Gasteiger partial charge < -0.3 is 0 Å². The molecule has 0 saturated heterocycles. The number of halogens is 1. The van der Waals surface area contributed by atoms with Crippen LogP contribution in [0.5, 0.6) is 0 Å². The summed E-state index contributed by atoms with van der Waals surface area (Å²) in [5.74, 6) is 0. The van der Waals surface area contributed by atoms with E-state index in [0.717, 1.165) is 40.4 Å². The molecule has 26 heavy (non-hydrogen) atoms. The lowest BCUT2D eigenvalue weighted by Crippen LogP contribution is -2.17. The number of allylic oxidation sites excluding steroid dienone is 1. The van der Waals surface area contributed by atoms with Gasteiger partial charge in [-0.1, -0.05) is 66.2 Å². The zero-order chi connectivity index (χ0) is 17.9. The number of hydrogen-bond acceptors (Lipinski definition) is 2. The lowest BCUT2D eigenvalue weighted by Gasteiger charge is -2.27. The van der Waals surface area contributed by atoms with Crippen LogP contribution >= 0.6 is 11.6 Å². The van der Waals surface area contributed by atoms with Crippen molar-refractivity contribution in [3.8, 4) is 11.1 Å². The summed E-state index contributed by atoms with van der Waals surface area (Å²) >= 11 is 6.41. The summed E-state index contributed by atoms with van der Waals surface area (Å²) in [5, 5.41) is 6.96. The number of nitrogens with zero attached hydrogens (tertiary/aromatic N) is 2. The zero-order valence-corrected chi connectivity index (χ0v) is 15.2. The summed E-state index contributed by atoms with van der Waals surface area (Å²) in [6, 6.07) is 24.6. The Hall–Kier alpha value is -2.84. The third-order valence-corrected chi connectivity index (χ3v) is 5.02. The quantitative estimate of drug-likeness (QED) is 0.388. The Kier molecular flexibility index (Phi) is 4.59. The molecule has 3 aromatic carbocycles. The molecule has 0 bridgehead atoms. The first kappa shape index (κ1) is 16.6. The second-order valence-corrected chi connectivity index (χ2v) is 6.68. The van der Waals surface area contributed by atoms with Crippen LogP contribution in [0.2, 0.25) is 5.02 Å². The molecule has 0 radical (unpaired) electrons. The SMILES string of the molecule is C=NN(C1=CCCc2ccc(-c3ccccc3Cl)cc21)c1ccccc1. The van der Waals surface area contributed by atoms with Crippen molar-refractivity contribution >= 4 is 29.7 Å². The van der Waals surface area contributed by atoms with Crippen molar-refractivity contribution in [2.24, 2.45) is 5.10 Å². The molecule has 1 aliphatic carbocycles. The van der Waals surface area contributed by atoms with Crippen LogP contribution in [0.15, 0.2) is 84.0 Å². The van der Waals surface area contributed by atoms with Crippen LogP contribution in [-0.4, -0.2) is 6.72 Å². The number of rotatable bonds is 4. The Balaban J connectivity index is 1.81. The molecule has 0 saturated carbocycles. The summed E-state index contributed by atoms with van der Waals surface area (Å²) in [7, 11) is 0. The van der Waals surface area contributed by atoms with E-state index in [2.05, 4.69) is 42.2 Å². The van der Waals surface area contributed by atoms with Crippen LogP contribution in [0.3, 0.4) is 0 Å². The van der Waals surface area contributed by atoms with Gasteiger partial charge in [0.25, 0.3) is 0 Å². The largest absolute Gasteiger partial charge is 0.234 e. The average Bonchev–Trinajstić information content (AvgIpc) is 2.70. The van der Waals surface area contributed by atoms with E-state index in [1.165, 1.54) is 11.1 Å². The Morgan fingerprint density at radius 1 is 0.885 bits per heavy atom. The first-order chi connectivity index (χ1) is 12.8. The molecular formula is C23H19ClN2. The summed E-state index contributed by atoms with van der Waals surface area (Å²) < 4.78 is 0. The van der Waals surface area contributed by atoms with Gasteiger partial charge in [-0.25, -0.2) is 5.01 Å². The van der Waals surface area contributed by atoms with Gasteiger partial charge in [0.2, 0.25) is 0 Å². The van der Waals surface area contributed by atoms with Crippen LogP contribution in [0.25, 0.3) is 16.8 Å². The highest BCUT2D eigenvalue weighted by Gasteiger charge is 2.20. The van der Waals surface area contributed by atoms with E-state index in [9.17, 15) is 0 Å². The number of fused-ring (bicyclic) bond motifs is 1. The van der Waals surface area contributed by atoms with Crippen molar-refractivity contribution in [2.75, 3.05) is 5.01 Å². The Morgan fingerprint density at radius 2 is 1.65 bits per heavy atom. The normalized spacial score (nSPS) is 12.9. The van der Waals surface area contributed by atoms with E-state index >= 15 is 0 Å². The van der Waals surface area contributed by atoms with Gasteiger partial charge in [0.05, 0.1) is 11.4 Å². The van der Waals surface area contributed by atoms with Crippen molar-refractivity contribution in [3.05, 3.63) is 95.0 Å². The highest BCUT2D eigenvalue weighted by molar-refractivity contribution is 6.33. The number of benzene rings is 3. The van der Waals surface area contributed by atoms with E-state index in [1.54, 1.807) is 0 Å². The van der Waals surface area contributed by atoms with Crippen LogP contribution in [-0.2, 0) is 6.42 Å². The highest BCUT2D eigenvalue weighted by atomic mass is 35.5. The molecule has 1 aliphatic rings. The number of aryl methyl sites for hydroxylation is 1. The molecule has 0 aromatic heterocycles. The number of hydrogen-bond donors (Lipinski definition) is 0. The fourth-order valence-corrected chi connectivity index (χ4v) is 3.68. The van der Waals surface area contributed by atoms with Gasteiger partial charge in [0.15, 0.2) is 0 Å². The number of para-hydroxylation sites is 1. The van der Waals surface area contributed by atoms with Crippen molar-refractivity contribution in [1.29, 1.82) is 0 Å². The van der Waals surface area contributed by atoms with Gasteiger partial charge in [-0.15, -0.1) is 0 Å². The third-order valence-electron chi connectivity index (χ3n) is 4.69. The monoisotopic (exact) mass is 358 g/mol. The molecule has 0 atom stereocenters. The van der Waals surface area contributed by atoms with Gasteiger partial charge in [-0.05, 0) is 48.2 Å². The van der Waals surface area contributed by atoms with Gasteiger partial charge in [-0.3, -0.25) is 0 Å². The van der Waals surface area contributed by atoms with Crippen LogP contribution in [0.4, 0.5) is 5.69 Å². The third kappa shape index (κ3) is 3.04. The van der Waals surface area contributed by atoms with E-state index in [0.29, 0.717) is 0 Å². The number of hydrazone groups is 1. The maximum Gasteiger partial charge on any atom is 0.0687 e. The second-order valence-electron chi connectivity index (χ2n) is 6.27. The van der Waals surface area contributed by atoms with Crippen LogP contribution in [0.1, 0.15) is 17.5 Å². The Morgan fingerprint density at radius 3 is 2.42 bits per heavy atom. The highest BCUT2D eigenvalue weighted by Crippen LogP contribution is 2.36. The average molecular weight is 359 g/mol. The lowest BCUT2D eigenvalue weighted by atomic mass is 9.91. The fraction of sp³-hybridized carbons (Fsp3) is 0.0870. The molecular weight excluding hydrogens is 340 g/mol. The fourth-order valence-electron chi connectivity index (χ4n) is 3.44. The van der Waals surface area contributed by atoms with Gasteiger partial charge >= 0.3 is 0 Å². The number of anilines is 1. The molecule has 0 unspecified atom stereocenters. The van der Waals surface area contributed by atoms with Crippen molar-refractivity contribution in [3.63, 3.8) is 0 Å².